The van der Waals surface area contributed by atoms with E-state index in [-0.39, 0.29) is 11.3 Å². The smallest absolute Gasteiger partial charge is 0.295 e. The molecule has 4 rings (SSSR count). The van der Waals surface area contributed by atoms with Crippen LogP contribution < -0.4 is 9.47 Å². The fraction of sp³-hybridized carbons (Fsp3) is 0.385. The van der Waals surface area contributed by atoms with Gasteiger partial charge in [0.15, 0.2) is 0 Å². The van der Waals surface area contributed by atoms with E-state index >= 15 is 0 Å². The second-order valence-electron chi connectivity index (χ2n) is 8.18. The molecule has 0 radical (unpaired) electrons. The zero-order valence-corrected chi connectivity index (χ0v) is 19.5. The molecule has 2 fully saturated rings. The highest BCUT2D eigenvalue weighted by Gasteiger charge is 2.46. The fourth-order valence-corrected chi connectivity index (χ4v) is 4.37. The van der Waals surface area contributed by atoms with E-state index in [9.17, 15) is 14.7 Å². The van der Waals surface area contributed by atoms with Gasteiger partial charge < -0.3 is 24.2 Å². The summed E-state index contributed by atoms with van der Waals surface area (Å²) >= 11 is 0. The van der Waals surface area contributed by atoms with Gasteiger partial charge in [0.2, 0.25) is 0 Å². The Hall–Kier alpha value is -3.36. The molecule has 2 aliphatic rings. The lowest BCUT2D eigenvalue weighted by atomic mass is 9.95. The lowest BCUT2D eigenvalue weighted by molar-refractivity contribution is -0.140. The number of hydrogen-bond donors (Lipinski definition) is 1. The number of aliphatic hydroxyl groups excluding tert-OH is 1. The molecule has 1 N–H and O–H groups in total. The molecule has 34 heavy (non-hydrogen) atoms. The Kier molecular flexibility index (Phi) is 7.49. The summed E-state index contributed by atoms with van der Waals surface area (Å²) in [6.45, 7) is 6.23. The SMILES string of the molecule is CCOc1ccc(/C(O)=C2\C(=O)C(=O)N(CCN3CCOCC3)[C@H]2c2cccc(OC)c2)cc1. The fourth-order valence-electron chi connectivity index (χ4n) is 4.37. The standard InChI is InChI=1S/C26H30N2O6/c1-3-34-20-9-7-18(8-10-20)24(29)22-23(19-5-4-6-21(17-19)32-2)28(26(31)25(22)30)12-11-27-13-15-33-16-14-27/h4-10,17,23,29H,3,11-16H2,1-2H3/b24-22+/t23-/m0/s1. The van der Waals surface area contributed by atoms with Crippen LogP contribution in [0, 0.1) is 0 Å². The second kappa shape index (κ2) is 10.7. The summed E-state index contributed by atoms with van der Waals surface area (Å²) in [6.07, 6.45) is 0. The molecule has 2 heterocycles. The van der Waals surface area contributed by atoms with Crippen molar-refractivity contribution >= 4 is 17.4 Å². The first-order valence-electron chi connectivity index (χ1n) is 11.5. The minimum Gasteiger partial charge on any atom is -0.507 e. The van der Waals surface area contributed by atoms with Crippen molar-refractivity contribution < 1.29 is 28.9 Å². The number of aliphatic hydroxyl groups is 1. The van der Waals surface area contributed by atoms with Crippen LogP contribution in [-0.2, 0) is 14.3 Å². The molecular formula is C26H30N2O6. The van der Waals surface area contributed by atoms with Crippen LogP contribution in [0.1, 0.15) is 24.1 Å². The van der Waals surface area contributed by atoms with E-state index in [1.807, 2.05) is 19.1 Å². The highest BCUT2D eigenvalue weighted by Crippen LogP contribution is 2.40. The lowest BCUT2D eigenvalue weighted by Gasteiger charge is -2.31. The Morgan fingerprint density at radius 3 is 2.47 bits per heavy atom. The minimum atomic E-state index is -0.720. The maximum Gasteiger partial charge on any atom is 0.295 e. The zero-order valence-electron chi connectivity index (χ0n) is 19.5. The Morgan fingerprint density at radius 1 is 1.06 bits per heavy atom. The average Bonchev–Trinajstić information content (AvgIpc) is 3.13. The van der Waals surface area contributed by atoms with Gasteiger partial charge in [-0.05, 0) is 48.9 Å². The molecule has 2 saturated heterocycles. The van der Waals surface area contributed by atoms with Crippen molar-refractivity contribution in [1.29, 1.82) is 0 Å². The van der Waals surface area contributed by atoms with Gasteiger partial charge in [0.1, 0.15) is 17.3 Å². The molecule has 1 amide bonds. The first kappa shape index (κ1) is 23.8. The predicted molar refractivity (Wildman–Crippen MR) is 127 cm³/mol. The normalized spacial score (nSPS) is 20.5. The van der Waals surface area contributed by atoms with E-state index in [1.54, 1.807) is 48.4 Å². The summed E-state index contributed by atoms with van der Waals surface area (Å²) in [5, 5.41) is 11.2. The van der Waals surface area contributed by atoms with Gasteiger partial charge >= 0.3 is 0 Å². The Labute approximate surface area is 199 Å². The first-order chi connectivity index (χ1) is 16.5. The number of ether oxygens (including phenoxy) is 3. The van der Waals surface area contributed by atoms with Crippen molar-refractivity contribution in [3.8, 4) is 11.5 Å². The Morgan fingerprint density at radius 2 is 1.79 bits per heavy atom. The number of benzene rings is 2. The number of nitrogens with zero attached hydrogens (tertiary/aromatic N) is 2. The predicted octanol–water partition coefficient (Wildman–Crippen LogP) is 2.85. The third-order valence-electron chi connectivity index (χ3n) is 6.15. The van der Waals surface area contributed by atoms with Gasteiger partial charge in [0, 0.05) is 31.7 Å². The van der Waals surface area contributed by atoms with Gasteiger partial charge in [0.25, 0.3) is 11.7 Å². The van der Waals surface area contributed by atoms with Crippen LogP contribution >= 0.6 is 0 Å². The summed E-state index contributed by atoms with van der Waals surface area (Å²) in [6, 6.07) is 13.4. The molecule has 0 spiro atoms. The molecule has 0 aliphatic carbocycles. The van der Waals surface area contributed by atoms with Crippen molar-refractivity contribution in [3.63, 3.8) is 0 Å². The van der Waals surface area contributed by atoms with Crippen LogP contribution in [-0.4, -0.2) is 79.7 Å². The molecule has 2 aromatic carbocycles. The number of rotatable bonds is 8. The van der Waals surface area contributed by atoms with E-state index in [0.29, 0.717) is 55.5 Å². The topological polar surface area (TPSA) is 88.5 Å². The molecule has 2 aliphatic heterocycles. The van der Waals surface area contributed by atoms with Gasteiger partial charge in [-0.1, -0.05) is 12.1 Å². The van der Waals surface area contributed by atoms with Crippen molar-refractivity contribution in [3.05, 3.63) is 65.2 Å². The lowest BCUT2D eigenvalue weighted by Crippen LogP contribution is -2.42. The maximum absolute atomic E-state index is 13.2. The molecule has 180 valence electrons. The number of Topliss-reactive ketones (excluding diaryl/α,β-unsaturated/α-hetero) is 1. The number of methoxy groups -OCH3 is 1. The van der Waals surface area contributed by atoms with Crippen LogP contribution in [0.4, 0.5) is 0 Å². The van der Waals surface area contributed by atoms with E-state index < -0.39 is 17.7 Å². The molecular weight excluding hydrogens is 436 g/mol. The number of morpholine rings is 1. The highest BCUT2D eigenvalue weighted by atomic mass is 16.5. The van der Waals surface area contributed by atoms with Crippen LogP contribution in [0.15, 0.2) is 54.1 Å². The van der Waals surface area contributed by atoms with Crippen molar-refractivity contribution in [2.75, 3.05) is 53.1 Å². The number of likely N-dealkylation sites (tertiary alicyclic amines) is 1. The van der Waals surface area contributed by atoms with Crippen molar-refractivity contribution in [2.45, 2.75) is 13.0 Å². The average molecular weight is 467 g/mol. The summed E-state index contributed by atoms with van der Waals surface area (Å²) in [4.78, 5) is 30.1. The Bertz CT molecular complexity index is 1060. The molecule has 8 heteroatoms. The molecule has 2 aromatic rings. The van der Waals surface area contributed by atoms with Gasteiger partial charge in [-0.2, -0.15) is 0 Å². The van der Waals surface area contributed by atoms with Gasteiger partial charge in [-0.3, -0.25) is 14.5 Å². The molecule has 8 nitrogen and oxygen atoms in total. The monoisotopic (exact) mass is 466 g/mol. The van der Waals surface area contributed by atoms with Crippen LogP contribution in [0.3, 0.4) is 0 Å². The molecule has 0 aromatic heterocycles. The number of carbonyl (C=O) groups excluding carboxylic acids is 2. The summed E-state index contributed by atoms with van der Waals surface area (Å²) in [5.41, 5.74) is 1.22. The maximum atomic E-state index is 13.2. The van der Waals surface area contributed by atoms with Crippen LogP contribution in [0.2, 0.25) is 0 Å². The number of carbonyl (C=O) groups is 2. The van der Waals surface area contributed by atoms with Crippen LogP contribution in [0.25, 0.3) is 5.76 Å². The van der Waals surface area contributed by atoms with E-state index in [2.05, 4.69) is 4.90 Å². The summed E-state index contributed by atoms with van der Waals surface area (Å²) in [7, 11) is 1.56. The van der Waals surface area contributed by atoms with E-state index in [1.165, 1.54) is 0 Å². The summed E-state index contributed by atoms with van der Waals surface area (Å²) in [5.74, 6) is -0.246. The second-order valence-corrected chi connectivity index (χ2v) is 8.18. The van der Waals surface area contributed by atoms with Gasteiger partial charge in [-0.25, -0.2) is 0 Å². The van der Waals surface area contributed by atoms with Crippen molar-refractivity contribution in [1.82, 2.24) is 9.80 Å². The molecule has 0 unspecified atom stereocenters. The van der Waals surface area contributed by atoms with Crippen LogP contribution in [0.5, 0.6) is 11.5 Å². The number of amides is 1. The third kappa shape index (κ3) is 4.93. The van der Waals surface area contributed by atoms with Crippen molar-refractivity contribution in [2.24, 2.45) is 0 Å². The zero-order chi connectivity index (χ0) is 24.1. The Balaban J connectivity index is 1.72. The van der Waals surface area contributed by atoms with E-state index in [4.69, 9.17) is 14.2 Å². The summed E-state index contributed by atoms with van der Waals surface area (Å²) < 4.78 is 16.3. The quantitative estimate of drug-likeness (QED) is 0.364. The van der Waals surface area contributed by atoms with Gasteiger partial charge in [-0.15, -0.1) is 0 Å². The number of hydrogen-bond acceptors (Lipinski definition) is 7. The van der Waals surface area contributed by atoms with Gasteiger partial charge in [0.05, 0.1) is 38.5 Å². The molecule has 0 bridgehead atoms. The molecule has 1 atom stereocenters. The van der Waals surface area contributed by atoms with E-state index in [0.717, 1.165) is 13.1 Å². The highest BCUT2D eigenvalue weighted by molar-refractivity contribution is 6.46. The minimum absolute atomic E-state index is 0.0735. The third-order valence-corrected chi connectivity index (χ3v) is 6.15. The molecule has 0 saturated carbocycles. The number of ketones is 1. The first-order valence-corrected chi connectivity index (χ1v) is 11.5. The largest absolute Gasteiger partial charge is 0.507 e.